The van der Waals surface area contributed by atoms with Crippen molar-refractivity contribution in [3.05, 3.63) is 107 Å². The van der Waals surface area contributed by atoms with Crippen molar-refractivity contribution < 1.29 is 4.79 Å². The van der Waals surface area contributed by atoms with E-state index in [4.69, 9.17) is 0 Å². The molecule has 0 aliphatic carbocycles. The Balaban J connectivity index is 0.839. The largest absolute Gasteiger partial charge is 0.361 e. The number of likely N-dealkylation sites (tertiary alicyclic amines) is 2. The first kappa shape index (κ1) is 32.2. The average Bonchev–Trinajstić information content (AvgIpc) is 3.51. The minimum Gasteiger partial charge on any atom is -0.361 e. The minimum atomic E-state index is 0.305. The van der Waals surface area contributed by atoms with Crippen LogP contribution in [0.4, 0.5) is 0 Å². The number of hydrogen-bond donors (Lipinski definition) is 1. The van der Waals surface area contributed by atoms with Gasteiger partial charge in [0.05, 0.1) is 11.6 Å². The van der Waals surface area contributed by atoms with Crippen LogP contribution in [0.3, 0.4) is 0 Å². The van der Waals surface area contributed by atoms with Crippen LogP contribution < -0.4 is 0 Å². The van der Waals surface area contributed by atoms with Crippen LogP contribution in [0.1, 0.15) is 103 Å². The van der Waals surface area contributed by atoms with Gasteiger partial charge in [0.15, 0.2) is 5.78 Å². The van der Waals surface area contributed by atoms with E-state index < -0.39 is 0 Å². The van der Waals surface area contributed by atoms with Crippen LogP contribution in [0.15, 0.2) is 79.0 Å². The Morgan fingerprint density at radius 1 is 0.826 bits per heavy atom. The number of H-pyrrole nitrogens is 1. The second-order valence-corrected chi connectivity index (χ2v) is 13.8. The highest BCUT2D eigenvalue weighted by Crippen LogP contribution is 2.29. The molecular weight excluding hydrogens is 564 g/mol. The van der Waals surface area contributed by atoms with Gasteiger partial charge in [-0.2, -0.15) is 5.26 Å². The fraction of sp³-hybridized carbons (Fsp3) is 0.463. The highest BCUT2D eigenvalue weighted by molar-refractivity contribution is 5.96. The van der Waals surface area contributed by atoms with E-state index in [1.165, 1.54) is 93.1 Å². The van der Waals surface area contributed by atoms with E-state index in [1.807, 2.05) is 18.2 Å². The van der Waals surface area contributed by atoms with Crippen LogP contribution in [0.2, 0.25) is 0 Å². The van der Waals surface area contributed by atoms with Crippen molar-refractivity contribution in [3.8, 4) is 6.07 Å². The highest BCUT2D eigenvalue weighted by Gasteiger charge is 2.22. The van der Waals surface area contributed by atoms with Crippen LogP contribution in [0, 0.1) is 17.2 Å². The Kier molecular flexibility index (Phi) is 11.4. The van der Waals surface area contributed by atoms with Crippen molar-refractivity contribution in [3.63, 3.8) is 0 Å². The number of nitriles is 1. The van der Waals surface area contributed by atoms with E-state index in [0.29, 0.717) is 18.1 Å². The number of benzene rings is 3. The monoisotopic (exact) mass is 614 g/mol. The first-order chi connectivity index (χ1) is 22.6. The van der Waals surface area contributed by atoms with E-state index in [2.05, 4.69) is 81.6 Å². The maximum absolute atomic E-state index is 12.9. The topological polar surface area (TPSA) is 63.1 Å². The zero-order chi connectivity index (χ0) is 31.6. The molecule has 0 unspecified atom stereocenters. The number of aryl methyl sites for hydroxylation is 1. The van der Waals surface area contributed by atoms with Crippen molar-refractivity contribution in [2.45, 2.75) is 83.1 Å². The summed E-state index contributed by atoms with van der Waals surface area (Å²) < 4.78 is 0. The summed E-state index contributed by atoms with van der Waals surface area (Å²) in [6, 6.07) is 27.5. The number of aromatic nitrogens is 1. The molecule has 0 atom stereocenters. The maximum atomic E-state index is 12.9. The van der Waals surface area contributed by atoms with Crippen molar-refractivity contribution >= 4 is 16.7 Å². The normalized spacial score (nSPS) is 16.9. The van der Waals surface area contributed by atoms with Crippen molar-refractivity contribution in [1.82, 2.24) is 14.8 Å². The maximum Gasteiger partial charge on any atom is 0.162 e. The van der Waals surface area contributed by atoms with E-state index in [9.17, 15) is 10.1 Å². The number of nitrogens with zero attached hydrogens (tertiary/aromatic N) is 3. The molecule has 0 radical (unpaired) electrons. The average molecular weight is 615 g/mol. The Labute approximate surface area is 275 Å². The van der Waals surface area contributed by atoms with Gasteiger partial charge >= 0.3 is 0 Å². The molecule has 0 spiro atoms. The van der Waals surface area contributed by atoms with Gasteiger partial charge in [-0.1, -0.05) is 61.0 Å². The van der Waals surface area contributed by atoms with Gasteiger partial charge in [-0.05, 0) is 137 Å². The number of carbonyl (C=O) groups is 1. The number of rotatable bonds is 14. The van der Waals surface area contributed by atoms with Gasteiger partial charge in [0, 0.05) is 35.6 Å². The van der Waals surface area contributed by atoms with Crippen molar-refractivity contribution in [1.29, 1.82) is 5.26 Å². The number of carbonyl (C=O) groups excluding carboxylic acids is 1. The molecule has 0 saturated carbocycles. The van der Waals surface area contributed by atoms with Gasteiger partial charge in [-0.25, -0.2) is 0 Å². The van der Waals surface area contributed by atoms with Gasteiger partial charge < -0.3 is 9.88 Å². The summed E-state index contributed by atoms with van der Waals surface area (Å²) in [7, 11) is 0. The second kappa shape index (κ2) is 16.2. The minimum absolute atomic E-state index is 0.305. The lowest BCUT2D eigenvalue weighted by Gasteiger charge is -2.32. The summed E-state index contributed by atoms with van der Waals surface area (Å²) in [5.74, 6) is 1.67. The summed E-state index contributed by atoms with van der Waals surface area (Å²) in [5.41, 5.74) is 6.87. The molecule has 2 aliphatic heterocycles. The molecule has 3 heterocycles. The summed E-state index contributed by atoms with van der Waals surface area (Å²) in [6.07, 6.45) is 14.6. The molecule has 2 fully saturated rings. The SMILES string of the molecule is N#Cc1ccc2[nH]cc(CCCCCN3CCC(c4ccc(C(=O)CCCC5CCN(Cc6ccccc6)CC5)cc4)CC3)c2c1. The lowest BCUT2D eigenvalue weighted by Crippen LogP contribution is -2.33. The van der Waals surface area contributed by atoms with E-state index in [0.717, 1.165) is 55.0 Å². The van der Waals surface area contributed by atoms with Gasteiger partial charge in [-0.3, -0.25) is 9.69 Å². The summed E-state index contributed by atoms with van der Waals surface area (Å²) >= 11 is 0. The molecule has 1 aromatic heterocycles. The molecule has 5 heteroatoms. The first-order valence-corrected chi connectivity index (χ1v) is 17.8. The number of unbranched alkanes of at least 4 members (excludes halogenated alkanes) is 2. The fourth-order valence-corrected chi connectivity index (χ4v) is 7.68. The third-order valence-corrected chi connectivity index (χ3v) is 10.6. The van der Waals surface area contributed by atoms with E-state index in [-0.39, 0.29) is 0 Å². The van der Waals surface area contributed by atoms with Gasteiger partial charge in [0.2, 0.25) is 0 Å². The van der Waals surface area contributed by atoms with E-state index in [1.54, 1.807) is 0 Å². The third-order valence-electron chi connectivity index (χ3n) is 10.6. The lowest BCUT2D eigenvalue weighted by atomic mass is 9.88. The smallest absolute Gasteiger partial charge is 0.162 e. The number of piperidine rings is 2. The standard InChI is InChI=1S/C41H50N4O/c42-29-34-13-18-40-39(28-34)38(30-43-40)11-5-2-6-23-44-26-21-36(22-27-44)35-14-16-37(17-15-35)41(46)12-7-10-32-19-24-45(25-20-32)31-33-8-3-1-4-9-33/h1,3-4,8-9,13-18,28,30,32,36,43H,2,5-7,10-12,19-27,31H2. The molecule has 2 aliphatic rings. The Morgan fingerprint density at radius 3 is 2.35 bits per heavy atom. The van der Waals surface area contributed by atoms with Gasteiger partial charge in [-0.15, -0.1) is 0 Å². The summed E-state index contributed by atoms with van der Waals surface area (Å²) in [4.78, 5) is 21.5. The molecule has 0 amide bonds. The number of aromatic amines is 1. The number of Topliss-reactive ketones (excluding diaryl/α,β-unsaturated/α-hetero) is 1. The summed E-state index contributed by atoms with van der Waals surface area (Å²) in [6.45, 7) is 6.91. The zero-order valence-electron chi connectivity index (χ0n) is 27.4. The van der Waals surface area contributed by atoms with Crippen molar-refractivity contribution in [2.24, 2.45) is 5.92 Å². The molecular formula is C41H50N4O. The molecule has 240 valence electrons. The fourth-order valence-electron chi connectivity index (χ4n) is 7.68. The van der Waals surface area contributed by atoms with Crippen LogP contribution in [0.25, 0.3) is 10.9 Å². The predicted octanol–water partition coefficient (Wildman–Crippen LogP) is 8.90. The molecule has 5 nitrogen and oxygen atoms in total. The molecule has 2 saturated heterocycles. The highest BCUT2D eigenvalue weighted by atomic mass is 16.1. The Hall–Kier alpha value is -3.72. The Bertz CT molecular complexity index is 1570. The van der Waals surface area contributed by atoms with Gasteiger partial charge in [0.25, 0.3) is 0 Å². The van der Waals surface area contributed by atoms with Gasteiger partial charge in [0.1, 0.15) is 0 Å². The van der Waals surface area contributed by atoms with Crippen molar-refractivity contribution in [2.75, 3.05) is 32.7 Å². The van der Waals surface area contributed by atoms with Crippen LogP contribution in [-0.4, -0.2) is 53.3 Å². The molecule has 4 aromatic rings. The summed E-state index contributed by atoms with van der Waals surface area (Å²) in [5, 5.41) is 10.4. The van der Waals surface area contributed by atoms with Crippen LogP contribution in [0.5, 0.6) is 0 Å². The number of fused-ring (bicyclic) bond motifs is 1. The van der Waals surface area contributed by atoms with E-state index >= 15 is 0 Å². The Morgan fingerprint density at radius 2 is 1.59 bits per heavy atom. The lowest BCUT2D eigenvalue weighted by molar-refractivity contribution is 0.0974. The molecule has 6 rings (SSSR count). The number of ketones is 1. The number of hydrogen-bond acceptors (Lipinski definition) is 4. The second-order valence-electron chi connectivity index (χ2n) is 13.8. The molecule has 3 aromatic carbocycles. The third kappa shape index (κ3) is 8.75. The quantitative estimate of drug-likeness (QED) is 0.114. The molecule has 46 heavy (non-hydrogen) atoms. The molecule has 1 N–H and O–H groups in total. The number of nitrogens with one attached hydrogen (secondary N) is 1. The van der Waals surface area contributed by atoms with Crippen LogP contribution in [-0.2, 0) is 13.0 Å². The first-order valence-electron chi connectivity index (χ1n) is 17.8. The molecule has 0 bridgehead atoms. The predicted molar refractivity (Wildman–Crippen MR) is 188 cm³/mol. The van der Waals surface area contributed by atoms with Crippen LogP contribution >= 0.6 is 0 Å². The zero-order valence-corrected chi connectivity index (χ0v) is 27.4.